The lowest BCUT2D eigenvalue weighted by atomic mass is 10.1. The van der Waals surface area contributed by atoms with Gasteiger partial charge >= 0.3 is 11.9 Å². The molecule has 1 aromatic carbocycles. The fourth-order valence-electron chi connectivity index (χ4n) is 1.66. The number of carbonyl (C=O) groups excluding carboxylic acids is 2. The van der Waals surface area contributed by atoms with E-state index in [1.807, 2.05) is 30.3 Å². The highest BCUT2D eigenvalue weighted by atomic mass is 16.7. The van der Waals surface area contributed by atoms with E-state index in [0.717, 1.165) is 5.56 Å². The predicted molar refractivity (Wildman–Crippen MR) is 66.1 cm³/mol. The van der Waals surface area contributed by atoms with Crippen molar-refractivity contribution in [3.8, 4) is 0 Å². The van der Waals surface area contributed by atoms with Crippen LogP contribution in [0.2, 0.25) is 0 Å². The molecule has 1 aliphatic rings. The third-order valence-corrected chi connectivity index (χ3v) is 2.88. The molecule has 0 aliphatic carbocycles. The third kappa shape index (κ3) is 3.54. The van der Waals surface area contributed by atoms with Crippen LogP contribution in [0.15, 0.2) is 30.3 Å². The topological polar surface area (TPSA) is 65.1 Å². The molecule has 1 fully saturated rings. The second kappa shape index (κ2) is 5.40. The Morgan fingerprint density at radius 1 is 1.37 bits per heavy atom. The van der Waals surface area contributed by atoms with Crippen molar-refractivity contribution < 1.29 is 23.8 Å². The van der Waals surface area contributed by atoms with E-state index < -0.39 is 23.6 Å². The number of ether oxygens (including phenoxy) is 3. The van der Waals surface area contributed by atoms with Crippen LogP contribution in [0.3, 0.4) is 0 Å². The summed E-state index contributed by atoms with van der Waals surface area (Å²) in [5.41, 5.74) is 0.124. The highest BCUT2D eigenvalue weighted by Gasteiger charge is 2.54. The number of carbonyl (C=O) groups is 2. The normalized spacial score (nSPS) is 22.4. The summed E-state index contributed by atoms with van der Waals surface area (Å²) in [5, 5.41) is 0. The van der Waals surface area contributed by atoms with E-state index in [0.29, 0.717) is 6.61 Å². The third-order valence-electron chi connectivity index (χ3n) is 2.88. The van der Waals surface area contributed by atoms with Crippen LogP contribution in [-0.4, -0.2) is 30.3 Å². The Kier molecular flexibility index (Phi) is 3.85. The van der Waals surface area contributed by atoms with Crippen molar-refractivity contribution in [3.05, 3.63) is 35.9 Å². The monoisotopic (exact) mass is 264 g/mol. The highest BCUT2D eigenvalue weighted by Crippen LogP contribution is 2.33. The molecule has 0 aromatic heterocycles. The van der Waals surface area contributed by atoms with Gasteiger partial charge in [0.1, 0.15) is 12.2 Å². The highest BCUT2D eigenvalue weighted by molar-refractivity contribution is 5.80. The lowest BCUT2D eigenvalue weighted by Gasteiger charge is -2.19. The van der Waals surface area contributed by atoms with Gasteiger partial charge in [-0.25, -0.2) is 4.79 Å². The molecular weight excluding hydrogens is 248 g/mol. The summed E-state index contributed by atoms with van der Waals surface area (Å²) in [6, 6.07) is 9.30. The first-order valence-corrected chi connectivity index (χ1v) is 6.03. The molecule has 0 bridgehead atoms. The zero-order valence-corrected chi connectivity index (χ0v) is 10.9. The van der Waals surface area contributed by atoms with E-state index >= 15 is 0 Å². The van der Waals surface area contributed by atoms with Crippen LogP contribution in [0.1, 0.15) is 19.4 Å². The van der Waals surface area contributed by atoms with Crippen molar-refractivity contribution in [2.45, 2.75) is 32.2 Å². The van der Waals surface area contributed by atoms with E-state index in [1.54, 1.807) is 6.92 Å². The van der Waals surface area contributed by atoms with Gasteiger partial charge in [-0.1, -0.05) is 30.3 Å². The van der Waals surface area contributed by atoms with Gasteiger partial charge in [-0.05, 0) is 12.5 Å². The van der Waals surface area contributed by atoms with Crippen LogP contribution in [0, 0.1) is 0 Å². The molecule has 19 heavy (non-hydrogen) atoms. The Labute approximate surface area is 111 Å². The molecule has 0 saturated carbocycles. The number of hydrogen-bond donors (Lipinski definition) is 0. The van der Waals surface area contributed by atoms with Crippen molar-refractivity contribution in [3.63, 3.8) is 0 Å². The van der Waals surface area contributed by atoms with Crippen molar-refractivity contribution in [2.75, 3.05) is 6.61 Å². The van der Waals surface area contributed by atoms with Crippen LogP contribution >= 0.6 is 0 Å². The average Bonchev–Trinajstić information content (AvgIpc) is 3.13. The second-order valence-corrected chi connectivity index (χ2v) is 4.68. The number of epoxide rings is 1. The van der Waals surface area contributed by atoms with E-state index in [4.69, 9.17) is 14.2 Å². The largest absolute Gasteiger partial charge is 0.458 e. The molecule has 1 heterocycles. The smallest absolute Gasteiger partial charge is 0.350 e. The predicted octanol–water partition coefficient (Wildman–Crippen LogP) is 1.45. The van der Waals surface area contributed by atoms with Crippen LogP contribution < -0.4 is 0 Å². The average molecular weight is 264 g/mol. The molecule has 102 valence electrons. The van der Waals surface area contributed by atoms with Crippen molar-refractivity contribution in [2.24, 2.45) is 0 Å². The maximum atomic E-state index is 12.0. The summed E-state index contributed by atoms with van der Waals surface area (Å²) in [6.07, 6.45) is -1.01. The van der Waals surface area contributed by atoms with E-state index in [-0.39, 0.29) is 6.61 Å². The van der Waals surface area contributed by atoms with Gasteiger partial charge in [0, 0.05) is 6.92 Å². The summed E-state index contributed by atoms with van der Waals surface area (Å²) in [6.45, 7) is 3.49. The fourth-order valence-corrected chi connectivity index (χ4v) is 1.66. The van der Waals surface area contributed by atoms with Gasteiger partial charge < -0.3 is 14.2 Å². The molecule has 0 radical (unpaired) electrons. The van der Waals surface area contributed by atoms with Crippen molar-refractivity contribution in [1.82, 2.24) is 0 Å². The lowest BCUT2D eigenvalue weighted by Crippen LogP contribution is -2.40. The lowest BCUT2D eigenvalue weighted by molar-refractivity contribution is -0.172. The minimum Gasteiger partial charge on any atom is -0.458 e. The zero-order valence-electron chi connectivity index (χ0n) is 10.9. The summed E-state index contributed by atoms with van der Waals surface area (Å²) in [4.78, 5) is 23.0. The summed E-state index contributed by atoms with van der Waals surface area (Å²) in [5.74, 6) is -1.11. The maximum Gasteiger partial charge on any atom is 0.350 e. The minimum absolute atomic E-state index is 0.146. The maximum absolute atomic E-state index is 12.0. The molecule has 0 amide bonds. The molecule has 0 unspecified atom stereocenters. The molecular formula is C14H16O5. The van der Waals surface area contributed by atoms with Crippen LogP contribution in [-0.2, 0) is 30.4 Å². The van der Waals surface area contributed by atoms with Crippen LogP contribution in [0.4, 0.5) is 0 Å². The summed E-state index contributed by atoms with van der Waals surface area (Å²) in [7, 11) is 0. The second-order valence-electron chi connectivity index (χ2n) is 4.68. The first-order chi connectivity index (χ1) is 9.01. The van der Waals surface area contributed by atoms with Gasteiger partial charge in [-0.3, -0.25) is 4.79 Å². The standard InChI is InChI=1S/C14H16O5/c1-10(15)19-12(14(2)9-18-14)13(16)17-8-11-6-4-3-5-7-11/h3-7,12H,8-9H2,1-2H3/t12-,14+/m1/s1. The van der Waals surface area contributed by atoms with Gasteiger partial charge in [-0.2, -0.15) is 0 Å². The summed E-state index contributed by atoms with van der Waals surface area (Å²) >= 11 is 0. The molecule has 0 spiro atoms. The van der Waals surface area contributed by atoms with E-state index in [9.17, 15) is 9.59 Å². The van der Waals surface area contributed by atoms with Crippen LogP contribution in [0.25, 0.3) is 0 Å². The van der Waals surface area contributed by atoms with Gasteiger partial charge in [0.15, 0.2) is 0 Å². The zero-order chi connectivity index (χ0) is 13.9. The van der Waals surface area contributed by atoms with Gasteiger partial charge in [0.25, 0.3) is 0 Å². The molecule has 0 N–H and O–H groups in total. The van der Waals surface area contributed by atoms with Gasteiger partial charge in [-0.15, -0.1) is 0 Å². The molecule has 1 aromatic rings. The first-order valence-electron chi connectivity index (χ1n) is 6.03. The Balaban J connectivity index is 1.94. The molecule has 5 heteroatoms. The molecule has 2 atom stereocenters. The molecule has 2 rings (SSSR count). The number of esters is 2. The fraction of sp³-hybridized carbons (Fsp3) is 0.429. The quantitative estimate of drug-likeness (QED) is 0.595. The molecule has 1 saturated heterocycles. The number of rotatable bonds is 5. The Bertz CT molecular complexity index is 464. The van der Waals surface area contributed by atoms with Gasteiger partial charge in [0.2, 0.25) is 6.10 Å². The van der Waals surface area contributed by atoms with Crippen molar-refractivity contribution >= 4 is 11.9 Å². The number of hydrogen-bond acceptors (Lipinski definition) is 5. The Morgan fingerprint density at radius 3 is 2.53 bits per heavy atom. The molecule has 5 nitrogen and oxygen atoms in total. The Morgan fingerprint density at radius 2 is 2.00 bits per heavy atom. The van der Waals surface area contributed by atoms with E-state index in [1.165, 1.54) is 6.92 Å². The summed E-state index contributed by atoms with van der Waals surface area (Å²) < 4.78 is 15.3. The first kappa shape index (κ1) is 13.5. The van der Waals surface area contributed by atoms with Gasteiger partial charge in [0.05, 0.1) is 6.61 Å². The molecule has 1 aliphatic heterocycles. The SMILES string of the molecule is CC(=O)O[C@H](C(=O)OCc1ccccc1)[C@]1(C)CO1. The van der Waals surface area contributed by atoms with E-state index in [2.05, 4.69) is 0 Å². The number of benzene rings is 1. The Hall–Kier alpha value is -1.88. The van der Waals surface area contributed by atoms with Crippen LogP contribution in [0.5, 0.6) is 0 Å². The van der Waals surface area contributed by atoms with Crippen molar-refractivity contribution in [1.29, 1.82) is 0 Å². The minimum atomic E-state index is -1.01.